The molecule has 1 aliphatic rings. The molecule has 2 N–H and O–H groups in total. The number of anilines is 2. The number of carbonyl (C=O) groups excluding carboxylic acids is 2. The van der Waals surface area contributed by atoms with Gasteiger partial charge in [-0.05, 0) is 57.0 Å². The molecule has 1 atom stereocenters. The quantitative estimate of drug-likeness (QED) is 0.808. The zero-order valence-electron chi connectivity index (χ0n) is 17.1. The number of hydrogen-bond donors (Lipinski definition) is 2. The van der Waals surface area contributed by atoms with E-state index in [2.05, 4.69) is 10.6 Å². The summed E-state index contributed by atoms with van der Waals surface area (Å²) in [6.07, 6.45) is 0. The molecular weight excluding hydrogens is 352 g/mol. The number of benzene rings is 2. The van der Waals surface area contributed by atoms with Gasteiger partial charge in [0.2, 0.25) is 0 Å². The average Bonchev–Trinajstić information content (AvgIpc) is 2.61. The van der Waals surface area contributed by atoms with Crippen molar-refractivity contribution in [2.75, 3.05) is 17.3 Å². The third-order valence-electron chi connectivity index (χ3n) is 4.69. The van der Waals surface area contributed by atoms with E-state index in [1.807, 2.05) is 81.1 Å². The van der Waals surface area contributed by atoms with Crippen molar-refractivity contribution in [3.63, 3.8) is 0 Å². The van der Waals surface area contributed by atoms with Crippen molar-refractivity contribution in [2.24, 2.45) is 0 Å². The molecule has 0 saturated carbocycles. The van der Waals surface area contributed by atoms with Crippen LogP contribution in [0, 0.1) is 0 Å². The van der Waals surface area contributed by atoms with Crippen molar-refractivity contribution in [1.82, 2.24) is 10.2 Å². The summed E-state index contributed by atoms with van der Waals surface area (Å²) in [5.41, 5.74) is 3.34. The van der Waals surface area contributed by atoms with Crippen LogP contribution in [0.5, 0.6) is 0 Å². The van der Waals surface area contributed by atoms with Crippen molar-refractivity contribution < 1.29 is 9.59 Å². The minimum absolute atomic E-state index is 0.0324. The fraction of sp³-hybridized carbons (Fsp3) is 0.364. The second kappa shape index (κ2) is 7.54. The number of hydrogen-bond acceptors (Lipinski definition) is 2. The smallest absolute Gasteiger partial charge is 0.325 e. The Kier molecular flexibility index (Phi) is 5.31. The number of rotatable bonds is 3. The molecule has 0 fully saturated rings. The maximum atomic E-state index is 12.9. The molecule has 148 valence electrons. The molecule has 0 aromatic heterocycles. The fourth-order valence-corrected chi connectivity index (χ4v) is 3.39. The van der Waals surface area contributed by atoms with Crippen LogP contribution in [0.2, 0.25) is 0 Å². The van der Waals surface area contributed by atoms with Gasteiger partial charge in [-0.15, -0.1) is 0 Å². The van der Waals surface area contributed by atoms with E-state index in [1.165, 1.54) is 0 Å². The van der Waals surface area contributed by atoms with E-state index < -0.39 is 0 Å². The van der Waals surface area contributed by atoms with Crippen molar-refractivity contribution in [3.05, 3.63) is 59.7 Å². The molecule has 0 aliphatic carbocycles. The summed E-state index contributed by atoms with van der Waals surface area (Å²) in [5.74, 6) is 0. The molecule has 2 aromatic rings. The van der Waals surface area contributed by atoms with Gasteiger partial charge in [0.25, 0.3) is 0 Å². The monoisotopic (exact) mass is 380 g/mol. The first-order valence-corrected chi connectivity index (χ1v) is 9.47. The maximum Gasteiger partial charge on any atom is 0.325 e. The van der Waals surface area contributed by atoms with Crippen LogP contribution in [0.1, 0.15) is 44.9 Å². The third kappa shape index (κ3) is 4.27. The van der Waals surface area contributed by atoms with Crippen molar-refractivity contribution >= 4 is 23.4 Å². The average molecular weight is 380 g/mol. The SMILES string of the molecule is CC(c1ccccc1)N1C(=O)N(C)Cc2cc(NC(=O)NC(C)(C)C)ccc21. The Hall–Kier alpha value is -3.02. The summed E-state index contributed by atoms with van der Waals surface area (Å²) in [4.78, 5) is 28.6. The second-order valence-electron chi connectivity index (χ2n) is 8.27. The number of fused-ring (bicyclic) bond motifs is 1. The topological polar surface area (TPSA) is 64.7 Å². The molecule has 2 aromatic carbocycles. The summed E-state index contributed by atoms with van der Waals surface area (Å²) in [7, 11) is 1.79. The molecule has 1 aliphatic heterocycles. The standard InChI is InChI=1S/C22H28N4O2/c1-15(16-9-7-6-8-10-16)26-19-12-11-18(23-20(27)24-22(2,3)4)13-17(19)14-25(5)21(26)28/h6-13,15H,14H2,1-5H3,(H2,23,24,27). The molecule has 0 radical (unpaired) electrons. The van der Waals surface area contributed by atoms with Crippen LogP contribution in [0.4, 0.5) is 21.0 Å². The molecule has 3 rings (SSSR count). The normalized spacial score (nSPS) is 15.1. The van der Waals surface area contributed by atoms with Gasteiger partial charge in [-0.1, -0.05) is 30.3 Å². The van der Waals surface area contributed by atoms with Gasteiger partial charge in [-0.3, -0.25) is 4.90 Å². The van der Waals surface area contributed by atoms with Crippen LogP contribution in [-0.2, 0) is 6.54 Å². The van der Waals surface area contributed by atoms with Crippen molar-refractivity contribution in [3.8, 4) is 0 Å². The number of amides is 4. The van der Waals surface area contributed by atoms with Crippen molar-refractivity contribution in [1.29, 1.82) is 0 Å². The van der Waals surface area contributed by atoms with Gasteiger partial charge in [0.1, 0.15) is 0 Å². The zero-order chi connectivity index (χ0) is 20.5. The van der Waals surface area contributed by atoms with Gasteiger partial charge in [-0.25, -0.2) is 9.59 Å². The number of urea groups is 2. The highest BCUT2D eigenvalue weighted by Gasteiger charge is 2.32. The van der Waals surface area contributed by atoms with Gasteiger partial charge in [0.15, 0.2) is 0 Å². The molecule has 0 saturated heterocycles. The van der Waals surface area contributed by atoms with E-state index in [-0.39, 0.29) is 23.6 Å². The number of carbonyl (C=O) groups is 2. The van der Waals surface area contributed by atoms with E-state index in [4.69, 9.17) is 0 Å². The predicted octanol–water partition coefficient (Wildman–Crippen LogP) is 4.74. The van der Waals surface area contributed by atoms with Crippen LogP contribution in [0.25, 0.3) is 0 Å². The van der Waals surface area contributed by atoms with Gasteiger partial charge >= 0.3 is 12.1 Å². The third-order valence-corrected chi connectivity index (χ3v) is 4.69. The van der Waals surface area contributed by atoms with Gasteiger partial charge in [0.05, 0.1) is 11.7 Å². The largest absolute Gasteiger partial charge is 0.333 e. The van der Waals surface area contributed by atoms with Crippen LogP contribution in [0.15, 0.2) is 48.5 Å². The van der Waals surface area contributed by atoms with Crippen molar-refractivity contribution in [2.45, 2.75) is 45.8 Å². The predicted molar refractivity (Wildman–Crippen MR) is 113 cm³/mol. The molecule has 4 amide bonds. The summed E-state index contributed by atoms with van der Waals surface area (Å²) in [6.45, 7) is 8.33. The summed E-state index contributed by atoms with van der Waals surface area (Å²) in [5, 5.41) is 5.77. The molecule has 1 heterocycles. The Morgan fingerprint density at radius 3 is 2.43 bits per heavy atom. The Bertz CT molecular complexity index is 874. The van der Waals surface area contributed by atoms with Gasteiger partial charge in [-0.2, -0.15) is 0 Å². The molecule has 0 bridgehead atoms. The summed E-state index contributed by atoms with van der Waals surface area (Å²) < 4.78 is 0. The zero-order valence-corrected chi connectivity index (χ0v) is 17.1. The van der Waals surface area contributed by atoms with Gasteiger partial charge in [0, 0.05) is 24.8 Å². The highest BCUT2D eigenvalue weighted by atomic mass is 16.2. The Labute approximate surface area is 166 Å². The molecule has 28 heavy (non-hydrogen) atoms. The van der Waals surface area contributed by atoms with Crippen LogP contribution >= 0.6 is 0 Å². The first-order chi connectivity index (χ1) is 13.2. The lowest BCUT2D eigenvalue weighted by Gasteiger charge is -2.39. The molecule has 1 unspecified atom stereocenters. The van der Waals surface area contributed by atoms with E-state index in [1.54, 1.807) is 11.9 Å². The van der Waals surface area contributed by atoms with E-state index >= 15 is 0 Å². The van der Waals surface area contributed by atoms with Crippen LogP contribution in [-0.4, -0.2) is 29.5 Å². The Morgan fingerprint density at radius 2 is 1.79 bits per heavy atom. The van der Waals surface area contributed by atoms with E-state index in [9.17, 15) is 9.59 Å². The highest BCUT2D eigenvalue weighted by molar-refractivity contribution is 5.96. The lowest BCUT2D eigenvalue weighted by Crippen LogP contribution is -2.46. The number of nitrogens with one attached hydrogen (secondary N) is 2. The van der Waals surface area contributed by atoms with E-state index in [0.717, 1.165) is 16.8 Å². The first-order valence-electron chi connectivity index (χ1n) is 9.47. The molecule has 6 heteroatoms. The van der Waals surface area contributed by atoms with Crippen LogP contribution < -0.4 is 15.5 Å². The maximum absolute atomic E-state index is 12.9. The lowest BCUT2D eigenvalue weighted by molar-refractivity contribution is 0.208. The Morgan fingerprint density at radius 1 is 1.11 bits per heavy atom. The molecule has 6 nitrogen and oxygen atoms in total. The molecular formula is C22H28N4O2. The lowest BCUT2D eigenvalue weighted by atomic mass is 10.0. The molecule has 0 spiro atoms. The Balaban J connectivity index is 1.89. The van der Waals surface area contributed by atoms with Crippen LogP contribution in [0.3, 0.4) is 0 Å². The second-order valence-corrected chi connectivity index (χ2v) is 8.27. The fourth-order valence-electron chi connectivity index (χ4n) is 3.39. The summed E-state index contributed by atoms with van der Waals surface area (Å²) >= 11 is 0. The summed E-state index contributed by atoms with van der Waals surface area (Å²) in [6, 6.07) is 15.3. The highest BCUT2D eigenvalue weighted by Crippen LogP contribution is 2.36. The van der Waals surface area contributed by atoms with E-state index in [0.29, 0.717) is 12.2 Å². The minimum atomic E-state index is -0.313. The number of nitrogens with zero attached hydrogens (tertiary/aromatic N) is 2. The minimum Gasteiger partial charge on any atom is -0.333 e. The first kappa shape index (κ1) is 19.7. The van der Waals surface area contributed by atoms with Gasteiger partial charge < -0.3 is 15.5 Å².